The fraction of sp³-hybridized carbons (Fsp3) is 0.750. The van der Waals surface area contributed by atoms with E-state index in [1.807, 2.05) is 4.68 Å². The monoisotopic (exact) mass is 321 g/mol. The summed E-state index contributed by atoms with van der Waals surface area (Å²) in [5, 5.41) is 7.65. The number of carbonyl (C=O) groups is 1. The molecule has 7 heteroatoms. The molecule has 2 aliphatic heterocycles. The SMILES string of the molecule is COCCn1cc2c(n1)C(CNC(=O)C1[C@H]3COC[C@@H]13)OCC2. The van der Waals surface area contributed by atoms with Gasteiger partial charge in [-0.2, -0.15) is 5.10 Å². The van der Waals surface area contributed by atoms with E-state index in [1.54, 1.807) is 7.11 Å². The van der Waals surface area contributed by atoms with Crippen LogP contribution < -0.4 is 5.32 Å². The molecule has 1 aromatic rings. The number of aromatic nitrogens is 2. The quantitative estimate of drug-likeness (QED) is 0.807. The summed E-state index contributed by atoms with van der Waals surface area (Å²) in [6.07, 6.45) is 2.78. The minimum atomic E-state index is -0.152. The zero-order valence-electron chi connectivity index (χ0n) is 13.4. The Morgan fingerprint density at radius 3 is 3.09 bits per heavy atom. The molecule has 0 aromatic carbocycles. The predicted octanol–water partition coefficient (Wildman–Crippen LogP) is 0.152. The van der Waals surface area contributed by atoms with Gasteiger partial charge in [0.1, 0.15) is 6.10 Å². The van der Waals surface area contributed by atoms with E-state index in [1.165, 1.54) is 5.56 Å². The number of fused-ring (bicyclic) bond motifs is 2. The van der Waals surface area contributed by atoms with Crippen LogP contribution in [0, 0.1) is 17.8 Å². The van der Waals surface area contributed by atoms with Crippen molar-refractivity contribution in [2.45, 2.75) is 19.1 Å². The minimum Gasteiger partial charge on any atom is -0.383 e. The summed E-state index contributed by atoms with van der Waals surface area (Å²) in [7, 11) is 1.68. The maximum absolute atomic E-state index is 12.3. The molecule has 0 bridgehead atoms. The van der Waals surface area contributed by atoms with Crippen molar-refractivity contribution in [3.8, 4) is 0 Å². The third-order valence-electron chi connectivity index (χ3n) is 5.11. The Morgan fingerprint density at radius 1 is 1.48 bits per heavy atom. The molecule has 1 saturated carbocycles. The Morgan fingerprint density at radius 2 is 2.30 bits per heavy atom. The smallest absolute Gasteiger partial charge is 0.223 e. The highest BCUT2D eigenvalue weighted by molar-refractivity contribution is 5.82. The van der Waals surface area contributed by atoms with Crippen LogP contribution in [0.15, 0.2) is 6.20 Å². The van der Waals surface area contributed by atoms with Crippen molar-refractivity contribution in [2.24, 2.45) is 17.8 Å². The lowest BCUT2D eigenvalue weighted by Crippen LogP contribution is -2.34. The molecule has 23 heavy (non-hydrogen) atoms. The number of amides is 1. The largest absolute Gasteiger partial charge is 0.383 e. The molecule has 2 unspecified atom stereocenters. The summed E-state index contributed by atoms with van der Waals surface area (Å²) in [5.41, 5.74) is 2.16. The fourth-order valence-electron chi connectivity index (χ4n) is 3.73. The number of nitrogens with one attached hydrogen (secondary N) is 1. The van der Waals surface area contributed by atoms with Crippen molar-refractivity contribution in [3.63, 3.8) is 0 Å². The van der Waals surface area contributed by atoms with Gasteiger partial charge in [-0.1, -0.05) is 0 Å². The van der Waals surface area contributed by atoms with Gasteiger partial charge in [0.2, 0.25) is 5.91 Å². The first-order valence-electron chi connectivity index (χ1n) is 8.30. The third kappa shape index (κ3) is 2.88. The second-order valence-corrected chi connectivity index (χ2v) is 6.54. The van der Waals surface area contributed by atoms with Gasteiger partial charge in [-0.25, -0.2) is 0 Å². The van der Waals surface area contributed by atoms with E-state index in [0.717, 1.165) is 31.9 Å². The number of ether oxygens (including phenoxy) is 3. The highest BCUT2D eigenvalue weighted by Crippen LogP contribution is 2.50. The summed E-state index contributed by atoms with van der Waals surface area (Å²) < 4.78 is 18.2. The molecule has 3 heterocycles. The fourth-order valence-corrected chi connectivity index (χ4v) is 3.73. The van der Waals surface area contributed by atoms with Gasteiger partial charge in [0.25, 0.3) is 0 Å². The highest BCUT2D eigenvalue weighted by Gasteiger charge is 2.57. The van der Waals surface area contributed by atoms with Crippen molar-refractivity contribution in [1.29, 1.82) is 0 Å². The van der Waals surface area contributed by atoms with E-state index in [9.17, 15) is 4.79 Å². The van der Waals surface area contributed by atoms with Gasteiger partial charge >= 0.3 is 0 Å². The molecule has 3 aliphatic rings. The standard InChI is InChI=1S/C16H23N3O4/c1-21-5-3-19-7-10-2-4-23-13(15(10)18-19)6-17-16(20)14-11-8-22-9-12(11)14/h7,11-14H,2-6,8-9H2,1H3,(H,17,20)/t11-,12+,13?,14?. The van der Waals surface area contributed by atoms with Crippen LogP contribution >= 0.6 is 0 Å². The number of methoxy groups -OCH3 is 1. The van der Waals surface area contributed by atoms with Gasteiger partial charge in [0.05, 0.1) is 38.7 Å². The van der Waals surface area contributed by atoms with Crippen molar-refractivity contribution in [2.75, 3.05) is 40.1 Å². The molecular weight excluding hydrogens is 298 g/mol. The Labute approximate surface area is 135 Å². The lowest BCUT2D eigenvalue weighted by molar-refractivity contribution is -0.124. The van der Waals surface area contributed by atoms with Crippen LogP contribution in [0.2, 0.25) is 0 Å². The molecule has 0 spiro atoms. The summed E-state index contributed by atoms with van der Waals surface area (Å²) in [5.74, 6) is 1.15. The molecule has 1 aliphatic carbocycles. The van der Waals surface area contributed by atoms with Crippen molar-refractivity contribution in [1.82, 2.24) is 15.1 Å². The molecule has 7 nitrogen and oxygen atoms in total. The molecule has 4 atom stereocenters. The van der Waals surface area contributed by atoms with E-state index in [-0.39, 0.29) is 17.9 Å². The molecule has 4 rings (SSSR count). The van der Waals surface area contributed by atoms with E-state index in [4.69, 9.17) is 14.2 Å². The normalized spacial score (nSPS) is 31.5. The number of hydrogen-bond donors (Lipinski definition) is 1. The number of hydrogen-bond acceptors (Lipinski definition) is 5. The van der Waals surface area contributed by atoms with Crippen LogP contribution in [0.1, 0.15) is 17.4 Å². The molecule has 1 aromatic heterocycles. The molecule has 126 valence electrons. The predicted molar refractivity (Wildman–Crippen MR) is 80.8 cm³/mol. The van der Waals surface area contributed by atoms with Gasteiger partial charge in [0, 0.05) is 25.8 Å². The van der Waals surface area contributed by atoms with Crippen molar-refractivity contribution < 1.29 is 19.0 Å². The molecule has 0 radical (unpaired) electrons. The number of nitrogens with zero attached hydrogens (tertiary/aromatic N) is 2. The number of carbonyl (C=O) groups excluding carboxylic acids is 1. The van der Waals surface area contributed by atoms with Gasteiger partial charge in [-0.15, -0.1) is 0 Å². The summed E-state index contributed by atoms with van der Waals surface area (Å²) in [6.45, 7) is 3.99. The number of rotatable bonds is 6. The zero-order valence-corrected chi connectivity index (χ0v) is 13.4. The second-order valence-electron chi connectivity index (χ2n) is 6.54. The Balaban J connectivity index is 1.35. The molecule has 1 saturated heterocycles. The van der Waals surface area contributed by atoms with Gasteiger partial charge in [-0.3, -0.25) is 9.48 Å². The van der Waals surface area contributed by atoms with E-state index in [0.29, 0.717) is 31.6 Å². The Kier molecular flexibility index (Phi) is 4.09. The molecule has 2 fully saturated rings. The summed E-state index contributed by atoms with van der Waals surface area (Å²) in [4.78, 5) is 12.3. The highest BCUT2D eigenvalue weighted by atomic mass is 16.5. The van der Waals surface area contributed by atoms with Gasteiger partial charge < -0.3 is 19.5 Å². The summed E-state index contributed by atoms with van der Waals surface area (Å²) >= 11 is 0. The van der Waals surface area contributed by atoms with Crippen LogP contribution in [0.5, 0.6) is 0 Å². The lowest BCUT2D eigenvalue weighted by atomic mass is 10.1. The van der Waals surface area contributed by atoms with Crippen LogP contribution in [-0.4, -0.2) is 55.8 Å². The molecule has 1 N–H and O–H groups in total. The third-order valence-corrected chi connectivity index (χ3v) is 5.11. The maximum atomic E-state index is 12.3. The van der Waals surface area contributed by atoms with E-state index >= 15 is 0 Å². The first-order chi connectivity index (χ1) is 11.3. The molecular formula is C16H23N3O4. The average molecular weight is 321 g/mol. The van der Waals surface area contributed by atoms with Crippen LogP contribution in [0.4, 0.5) is 0 Å². The first kappa shape index (κ1) is 15.1. The van der Waals surface area contributed by atoms with E-state index < -0.39 is 0 Å². The van der Waals surface area contributed by atoms with Crippen LogP contribution in [0.3, 0.4) is 0 Å². The van der Waals surface area contributed by atoms with Crippen LogP contribution in [-0.2, 0) is 32.0 Å². The van der Waals surface area contributed by atoms with Gasteiger partial charge in [0.15, 0.2) is 0 Å². The van der Waals surface area contributed by atoms with Crippen molar-refractivity contribution >= 4 is 5.91 Å². The lowest BCUT2D eigenvalue weighted by Gasteiger charge is -2.22. The average Bonchev–Trinajstić information content (AvgIpc) is 2.92. The molecule has 1 amide bonds. The van der Waals surface area contributed by atoms with Gasteiger partial charge in [-0.05, 0) is 23.8 Å². The van der Waals surface area contributed by atoms with Crippen molar-refractivity contribution in [3.05, 3.63) is 17.5 Å². The topological polar surface area (TPSA) is 74.6 Å². The zero-order chi connectivity index (χ0) is 15.8. The summed E-state index contributed by atoms with van der Waals surface area (Å²) in [6, 6.07) is 0. The van der Waals surface area contributed by atoms with Crippen LogP contribution in [0.25, 0.3) is 0 Å². The Hall–Kier alpha value is -1.44. The first-order valence-corrected chi connectivity index (χ1v) is 8.30. The maximum Gasteiger partial charge on any atom is 0.223 e. The Bertz CT molecular complexity index is 578. The van der Waals surface area contributed by atoms with E-state index in [2.05, 4.69) is 16.6 Å². The minimum absolute atomic E-state index is 0.137. The second kappa shape index (κ2) is 6.22.